The van der Waals surface area contributed by atoms with E-state index in [1.807, 2.05) is 0 Å². The summed E-state index contributed by atoms with van der Waals surface area (Å²) in [6.07, 6.45) is 0. The Bertz CT molecular complexity index is 302. The molecule has 0 bridgehead atoms. The lowest BCUT2D eigenvalue weighted by Gasteiger charge is -2.43. The van der Waals surface area contributed by atoms with Gasteiger partial charge in [-0.1, -0.05) is 20.8 Å². The van der Waals surface area contributed by atoms with Gasteiger partial charge in [0.05, 0.1) is 6.04 Å². The Hall–Kier alpha value is -0.380. The summed E-state index contributed by atoms with van der Waals surface area (Å²) in [5, 5.41) is 8.07. The van der Waals surface area contributed by atoms with E-state index >= 15 is 0 Å². The highest BCUT2D eigenvalue weighted by Crippen LogP contribution is 2.32. The topological polar surface area (TPSA) is 15.3 Å². The van der Waals surface area contributed by atoms with Crippen LogP contribution in [0, 0.1) is 0 Å². The molecule has 1 atom stereocenters. The van der Waals surface area contributed by atoms with Crippen LogP contribution in [0.15, 0.2) is 16.8 Å². The number of rotatable bonds is 7. The second-order valence-electron chi connectivity index (χ2n) is 4.87. The van der Waals surface area contributed by atoms with Crippen molar-refractivity contribution >= 4 is 11.3 Å². The van der Waals surface area contributed by atoms with Crippen molar-refractivity contribution in [3.8, 4) is 0 Å². The third kappa shape index (κ3) is 3.30. The maximum atomic E-state index is 3.64. The smallest absolute Gasteiger partial charge is 0.0509 e. The van der Waals surface area contributed by atoms with E-state index in [0.717, 1.165) is 19.6 Å². The molecule has 0 fully saturated rings. The molecule has 0 radical (unpaired) electrons. The molecule has 98 valence electrons. The number of thiophene rings is 1. The van der Waals surface area contributed by atoms with Gasteiger partial charge in [-0.25, -0.2) is 0 Å². The fourth-order valence-corrected chi connectivity index (χ4v) is 3.33. The highest BCUT2D eigenvalue weighted by atomic mass is 32.1. The highest BCUT2D eigenvalue weighted by Gasteiger charge is 2.34. The summed E-state index contributed by atoms with van der Waals surface area (Å²) in [5.74, 6) is 0. The van der Waals surface area contributed by atoms with Crippen LogP contribution in [0.5, 0.6) is 0 Å². The van der Waals surface area contributed by atoms with E-state index in [9.17, 15) is 0 Å². The molecule has 0 amide bonds. The summed E-state index contributed by atoms with van der Waals surface area (Å²) in [6.45, 7) is 14.5. The second-order valence-corrected chi connectivity index (χ2v) is 5.65. The monoisotopic (exact) mass is 254 g/mol. The molecular formula is C14H26N2S. The largest absolute Gasteiger partial charge is 0.309 e. The predicted octanol–water partition coefficient (Wildman–Crippen LogP) is 3.52. The van der Waals surface area contributed by atoms with Crippen LogP contribution in [0.4, 0.5) is 0 Å². The van der Waals surface area contributed by atoms with E-state index in [0.29, 0.717) is 6.04 Å². The van der Waals surface area contributed by atoms with Crippen LogP contribution in [0.1, 0.15) is 46.2 Å². The molecule has 0 aromatic carbocycles. The fourth-order valence-electron chi connectivity index (χ4n) is 2.64. The molecule has 0 spiro atoms. The number of nitrogens with zero attached hydrogens (tertiary/aromatic N) is 1. The summed E-state index contributed by atoms with van der Waals surface area (Å²) in [6, 6.07) is 2.64. The first-order chi connectivity index (χ1) is 8.07. The van der Waals surface area contributed by atoms with Gasteiger partial charge in [-0.15, -0.1) is 0 Å². The lowest BCUT2D eigenvalue weighted by atomic mass is 9.88. The van der Waals surface area contributed by atoms with Crippen LogP contribution in [-0.4, -0.2) is 30.1 Å². The van der Waals surface area contributed by atoms with Gasteiger partial charge in [0.25, 0.3) is 0 Å². The van der Waals surface area contributed by atoms with Gasteiger partial charge in [0.1, 0.15) is 0 Å². The van der Waals surface area contributed by atoms with E-state index < -0.39 is 0 Å². The van der Waals surface area contributed by atoms with Crippen molar-refractivity contribution < 1.29 is 0 Å². The zero-order valence-electron chi connectivity index (χ0n) is 11.8. The molecule has 0 aliphatic rings. The maximum Gasteiger partial charge on any atom is 0.0509 e. The predicted molar refractivity (Wildman–Crippen MR) is 77.7 cm³/mol. The van der Waals surface area contributed by atoms with E-state index in [2.05, 4.69) is 61.7 Å². The SMILES string of the molecule is CCNC(c1ccsc1)C(C)(C)N(CC)CC. The summed E-state index contributed by atoms with van der Waals surface area (Å²) in [4.78, 5) is 2.53. The van der Waals surface area contributed by atoms with Crippen molar-refractivity contribution in [3.63, 3.8) is 0 Å². The third-order valence-corrected chi connectivity index (χ3v) is 4.27. The van der Waals surface area contributed by atoms with E-state index in [1.165, 1.54) is 5.56 Å². The molecule has 2 nitrogen and oxygen atoms in total. The summed E-state index contributed by atoms with van der Waals surface area (Å²) in [5.41, 5.74) is 1.55. The minimum Gasteiger partial charge on any atom is -0.309 e. The Morgan fingerprint density at radius 3 is 2.35 bits per heavy atom. The Kier molecular flexibility index (Phi) is 5.63. The van der Waals surface area contributed by atoms with E-state index in [-0.39, 0.29) is 5.54 Å². The van der Waals surface area contributed by atoms with Crippen molar-refractivity contribution in [1.82, 2.24) is 10.2 Å². The molecule has 1 unspecified atom stereocenters. The lowest BCUT2D eigenvalue weighted by Crippen LogP contribution is -2.52. The minimum absolute atomic E-state index is 0.139. The fraction of sp³-hybridized carbons (Fsp3) is 0.714. The first-order valence-electron chi connectivity index (χ1n) is 6.58. The van der Waals surface area contributed by atoms with Crippen molar-refractivity contribution in [2.24, 2.45) is 0 Å². The number of nitrogens with one attached hydrogen (secondary N) is 1. The molecule has 3 heteroatoms. The van der Waals surface area contributed by atoms with Crippen LogP contribution >= 0.6 is 11.3 Å². The number of likely N-dealkylation sites (N-methyl/N-ethyl adjacent to an activating group) is 2. The van der Waals surface area contributed by atoms with E-state index in [1.54, 1.807) is 11.3 Å². The number of hydrogen-bond acceptors (Lipinski definition) is 3. The van der Waals surface area contributed by atoms with Crippen molar-refractivity contribution in [3.05, 3.63) is 22.4 Å². The highest BCUT2D eigenvalue weighted by molar-refractivity contribution is 7.07. The zero-order valence-corrected chi connectivity index (χ0v) is 12.6. The standard InChI is InChI=1S/C14H26N2S/c1-6-15-13(12-9-10-17-11-12)14(4,5)16(7-2)8-3/h9-11,13,15H,6-8H2,1-5H3. The van der Waals surface area contributed by atoms with Crippen molar-refractivity contribution in [2.75, 3.05) is 19.6 Å². The maximum absolute atomic E-state index is 3.64. The average molecular weight is 254 g/mol. The van der Waals surface area contributed by atoms with Gasteiger partial charge in [-0.3, -0.25) is 4.90 Å². The van der Waals surface area contributed by atoms with Gasteiger partial charge < -0.3 is 5.32 Å². The molecule has 0 saturated heterocycles. The van der Waals surface area contributed by atoms with Gasteiger partial charge in [0, 0.05) is 5.54 Å². The third-order valence-electron chi connectivity index (χ3n) is 3.57. The lowest BCUT2D eigenvalue weighted by molar-refractivity contribution is 0.0920. The van der Waals surface area contributed by atoms with E-state index in [4.69, 9.17) is 0 Å². The molecule has 1 aromatic rings. The summed E-state index contributed by atoms with van der Waals surface area (Å²) < 4.78 is 0. The molecular weight excluding hydrogens is 228 g/mol. The first kappa shape index (κ1) is 14.7. The second kappa shape index (κ2) is 6.53. The first-order valence-corrected chi connectivity index (χ1v) is 7.52. The zero-order chi connectivity index (χ0) is 12.9. The summed E-state index contributed by atoms with van der Waals surface area (Å²) in [7, 11) is 0. The van der Waals surface area contributed by atoms with Gasteiger partial charge in [-0.2, -0.15) is 11.3 Å². The van der Waals surface area contributed by atoms with Crippen LogP contribution in [0.2, 0.25) is 0 Å². The minimum atomic E-state index is 0.139. The van der Waals surface area contributed by atoms with Gasteiger partial charge >= 0.3 is 0 Å². The van der Waals surface area contributed by atoms with Crippen LogP contribution in [0.25, 0.3) is 0 Å². The molecule has 0 aliphatic carbocycles. The Labute approximate surface area is 110 Å². The van der Waals surface area contributed by atoms with Crippen LogP contribution in [-0.2, 0) is 0 Å². The Balaban J connectivity index is 2.96. The van der Waals surface area contributed by atoms with Gasteiger partial charge in [0.2, 0.25) is 0 Å². The van der Waals surface area contributed by atoms with Crippen LogP contribution < -0.4 is 5.32 Å². The molecule has 1 aromatic heterocycles. The van der Waals surface area contributed by atoms with Gasteiger partial charge in [-0.05, 0) is 55.9 Å². The molecule has 1 rings (SSSR count). The molecule has 1 N–H and O–H groups in total. The van der Waals surface area contributed by atoms with Crippen molar-refractivity contribution in [2.45, 2.75) is 46.2 Å². The van der Waals surface area contributed by atoms with Crippen molar-refractivity contribution in [1.29, 1.82) is 0 Å². The molecule has 0 aliphatic heterocycles. The molecule has 17 heavy (non-hydrogen) atoms. The number of hydrogen-bond donors (Lipinski definition) is 1. The van der Waals surface area contributed by atoms with Crippen LogP contribution in [0.3, 0.4) is 0 Å². The Morgan fingerprint density at radius 1 is 1.29 bits per heavy atom. The van der Waals surface area contributed by atoms with Gasteiger partial charge in [0.15, 0.2) is 0 Å². The normalized spacial score (nSPS) is 14.2. The Morgan fingerprint density at radius 2 is 1.94 bits per heavy atom. The quantitative estimate of drug-likeness (QED) is 0.801. The molecule has 0 saturated carbocycles. The summed E-state index contributed by atoms with van der Waals surface area (Å²) >= 11 is 1.78. The average Bonchev–Trinajstić information content (AvgIpc) is 2.80. The molecule has 1 heterocycles.